The number of carbonyl (C=O) groups excluding carboxylic acids is 2. The van der Waals surface area contributed by atoms with Crippen LogP contribution >= 0.6 is 11.8 Å². The molecule has 0 bridgehead atoms. The summed E-state index contributed by atoms with van der Waals surface area (Å²) in [6, 6.07) is 11.5. The second-order valence-electron chi connectivity index (χ2n) is 6.94. The SMILES string of the molecule is COc1ccccc1CN(C)C(=O)CSC1=C(C#N)C(C)(C)[C@H](C#N)C(=O)N1. The van der Waals surface area contributed by atoms with E-state index < -0.39 is 17.2 Å². The number of para-hydroxylation sites is 1. The number of rotatable bonds is 6. The lowest BCUT2D eigenvalue weighted by atomic mass is 9.72. The highest BCUT2D eigenvalue weighted by Gasteiger charge is 2.44. The molecular weight excluding hydrogens is 376 g/mol. The van der Waals surface area contributed by atoms with Gasteiger partial charge in [-0.2, -0.15) is 10.5 Å². The lowest BCUT2D eigenvalue weighted by Crippen LogP contribution is -2.44. The van der Waals surface area contributed by atoms with Crippen molar-refractivity contribution in [1.29, 1.82) is 10.5 Å². The minimum Gasteiger partial charge on any atom is -0.496 e. The Labute approximate surface area is 168 Å². The van der Waals surface area contributed by atoms with Crippen LogP contribution in [0.5, 0.6) is 5.75 Å². The predicted octanol–water partition coefficient (Wildman–Crippen LogP) is 2.42. The highest BCUT2D eigenvalue weighted by atomic mass is 32.2. The topological polar surface area (TPSA) is 106 Å². The van der Waals surface area contributed by atoms with Crippen molar-refractivity contribution in [3.63, 3.8) is 0 Å². The first-order chi connectivity index (χ1) is 13.3. The van der Waals surface area contributed by atoms with Crippen molar-refractivity contribution >= 4 is 23.6 Å². The molecule has 7 nitrogen and oxygen atoms in total. The standard InChI is InChI=1S/C20H22N4O3S/c1-20(2)14(9-21)18(26)23-19(15(20)10-22)28-12-17(25)24(3)11-13-7-5-6-8-16(13)27-4/h5-8,14H,11-12H2,1-4H3,(H,23,26)/t14-/m1/s1. The minimum absolute atomic E-state index is 0.0553. The summed E-state index contributed by atoms with van der Waals surface area (Å²) in [5, 5.41) is 21.7. The highest BCUT2D eigenvalue weighted by Crippen LogP contribution is 2.41. The summed E-state index contributed by atoms with van der Waals surface area (Å²) in [4.78, 5) is 26.3. The van der Waals surface area contributed by atoms with Crippen LogP contribution in [-0.2, 0) is 16.1 Å². The van der Waals surface area contributed by atoms with E-state index in [0.29, 0.717) is 22.9 Å². The molecule has 1 aromatic rings. The number of allylic oxidation sites excluding steroid dienone is 1. The Morgan fingerprint density at radius 2 is 2.04 bits per heavy atom. The number of benzene rings is 1. The first-order valence-electron chi connectivity index (χ1n) is 8.60. The number of nitrogens with one attached hydrogen (secondary N) is 1. The number of thioether (sulfide) groups is 1. The lowest BCUT2D eigenvalue weighted by Gasteiger charge is -2.34. The Morgan fingerprint density at radius 3 is 2.64 bits per heavy atom. The van der Waals surface area contributed by atoms with E-state index in [1.807, 2.05) is 30.3 Å². The van der Waals surface area contributed by atoms with Gasteiger partial charge in [-0.1, -0.05) is 43.8 Å². The van der Waals surface area contributed by atoms with Crippen molar-refractivity contribution in [3.05, 3.63) is 40.4 Å². The number of ether oxygens (including phenoxy) is 1. The van der Waals surface area contributed by atoms with Gasteiger partial charge in [-0.25, -0.2) is 0 Å². The molecule has 0 fully saturated rings. The number of nitriles is 2. The Kier molecular flexibility index (Phi) is 6.71. The predicted molar refractivity (Wildman–Crippen MR) is 106 cm³/mol. The Balaban J connectivity index is 2.11. The zero-order chi connectivity index (χ0) is 20.9. The van der Waals surface area contributed by atoms with Gasteiger partial charge in [0, 0.05) is 24.6 Å². The largest absolute Gasteiger partial charge is 0.496 e. The van der Waals surface area contributed by atoms with E-state index in [2.05, 4.69) is 11.4 Å². The van der Waals surface area contributed by atoms with E-state index in [9.17, 15) is 20.1 Å². The number of amides is 2. The van der Waals surface area contributed by atoms with Gasteiger partial charge in [-0.05, 0) is 6.07 Å². The van der Waals surface area contributed by atoms with Gasteiger partial charge in [0.1, 0.15) is 11.7 Å². The molecule has 1 aliphatic heterocycles. The number of nitrogens with zero attached hydrogens (tertiary/aromatic N) is 3. The van der Waals surface area contributed by atoms with Crippen molar-refractivity contribution in [1.82, 2.24) is 10.2 Å². The molecule has 0 saturated carbocycles. The maximum atomic E-state index is 12.5. The summed E-state index contributed by atoms with van der Waals surface area (Å²) in [6.45, 7) is 3.75. The summed E-state index contributed by atoms with van der Waals surface area (Å²) >= 11 is 1.10. The van der Waals surface area contributed by atoms with Crippen LogP contribution in [0, 0.1) is 34.0 Å². The lowest BCUT2D eigenvalue weighted by molar-refractivity contribution is -0.128. The second kappa shape index (κ2) is 8.81. The molecule has 0 saturated heterocycles. The zero-order valence-electron chi connectivity index (χ0n) is 16.3. The maximum absolute atomic E-state index is 12.5. The van der Waals surface area contributed by atoms with Crippen molar-refractivity contribution in [2.45, 2.75) is 20.4 Å². The summed E-state index contributed by atoms with van der Waals surface area (Å²) in [5.74, 6) is -0.803. The molecule has 2 amide bonds. The van der Waals surface area contributed by atoms with E-state index in [1.54, 1.807) is 32.9 Å². The Hall–Kier alpha value is -2.97. The molecule has 0 aromatic heterocycles. The Morgan fingerprint density at radius 1 is 1.36 bits per heavy atom. The third-order valence-corrected chi connectivity index (χ3v) is 5.68. The fraction of sp³-hybridized carbons (Fsp3) is 0.400. The molecule has 1 heterocycles. The van der Waals surface area contributed by atoms with Gasteiger partial charge in [0.25, 0.3) is 0 Å². The molecule has 0 unspecified atom stereocenters. The molecular formula is C20H22N4O3S. The van der Waals surface area contributed by atoms with Gasteiger partial charge >= 0.3 is 0 Å². The summed E-state index contributed by atoms with van der Waals surface area (Å²) < 4.78 is 5.30. The van der Waals surface area contributed by atoms with E-state index in [1.165, 1.54) is 0 Å². The fourth-order valence-corrected chi connectivity index (χ4v) is 4.07. The van der Waals surface area contributed by atoms with Gasteiger partial charge < -0.3 is 15.0 Å². The van der Waals surface area contributed by atoms with Gasteiger partial charge in [0.05, 0.1) is 35.6 Å². The molecule has 0 aliphatic carbocycles. The third kappa shape index (κ3) is 4.29. The molecule has 2 rings (SSSR count). The average Bonchev–Trinajstić information content (AvgIpc) is 2.65. The summed E-state index contributed by atoms with van der Waals surface area (Å²) in [5.41, 5.74) is 0.274. The van der Waals surface area contributed by atoms with Crippen LogP contribution in [0.3, 0.4) is 0 Å². The Bertz CT molecular complexity index is 895. The minimum atomic E-state index is -0.949. The number of hydrogen-bond donors (Lipinski definition) is 1. The molecule has 0 radical (unpaired) electrons. The highest BCUT2D eigenvalue weighted by molar-refractivity contribution is 8.03. The molecule has 1 atom stereocenters. The average molecular weight is 398 g/mol. The van der Waals surface area contributed by atoms with Gasteiger partial charge in [0.15, 0.2) is 0 Å². The molecule has 8 heteroatoms. The van der Waals surface area contributed by atoms with Crippen molar-refractivity contribution < 1.29 is 14.3 Å². The molecule has 1 aromatic carbocycles. The summed E-state index contributed by atoms with van der Waals surface area (Å²) in [7, 11) is 3.26. The van der Waals surface area contributed by atoms with Gasteiger partial charge in [-0.3, -0.25) is 9.59 Å². The third-order valence-electron chi connectivity index (χ3n) is 4.70. The van der Waals surface area contributed by atoms with E-state index in [0.717, 1.165) is 17.3 Å². The molecule has 1 N–H and O–H groups in total. The maximum Gasteiger partial charge on any atom is 0.243 e. The first kappa shape index (κ1) is 21.3. The van der Waals surface area contributed by atoms with Crippen LogP contribution in [0.25, 0.3) is 0 Å². The van der Waals surface area contributed by atoms with Crippen LogP contribution in [0.4, 0.5) is 0 Å². The quantitative estimate of drug-likeness (QED) is 0.789. The van der Waals surface area contributed by atoms with Crippen LogP contribution in [-0.4, -0.2) is 36.6 Å². The first-order valence-corrected chi connectivity index (χ1v) is 9.58. The summed E-state index contributed by atoms with van der Waals surface area (Å²) in [6.07, 6.45) is 0. The van der Waals surface area contributed by atoms with E-state index >= 15 is 0 Å². The van der Waals surface area contributed by atoms with Gasteiger partial charge in [-0.15, -0.1) is 0 Å². The van der Waals surface area contributed by atoms with Crippen LogP contribution in [0.2, 0.25) is 0 Å². The number of hydrogen-bond acceptors (Lipinski definition) is 6. The molecule has 0 spiro atoms. The number of methoxy groups -OCH3 is 1. The van der Waals surface area contributed by atoms with Crippen molar-refractivity contribution in [2.24, 2.45) is 11.3 Å². The second-order valence-corrected chi connectivity index (χ2v) is 7.92. The van der Waals surface area contributed by atoms with Gasteiger partial charge in [0.2, 0.25) is 11.8 Å². The molecule has 1 aliphatic rings. The van der Waals surface area contributed by atoms with Crippen LogP contribution < -0.4 is 10.1 Å². The van der Waals surface area contributed by atoms with Crippen molar-refractivity contribution in [3.8, 4) is 17.9 Å². The zero-order valence-corrected chi connectivity index (χ0v) is 17.1. The fourth-order valence-electron chi connectivity index (χ4n) is 2.96. The smallest absolute Gasteiger partial charge is 0.243 e. The molecule has 28 heavy (non-hydrogen) atoms. The van der Waals surface area contributed by atoms with Crippen LogP contribution in [0.15, 0.2) is 34.9 Å². The van der Waals surface area contributed by atoms with E-state index in [-0.39, 0.29) is 11.7 Å². The van der Waals surface area contributed by atoms with Crippen molar-refractivity contribution in [2.75, 3.05) is 19.9 Å². The number of carbonyl (C=O) groups is 2. The normalized spacial score (nSPS) is 17.9. The van der Waals surface area contributed by atoms with Crippen LogP contribution in [0.1, 0.15) is 19.4 Å². The van der Waals surface area contributed by atoms with E-state index in [4.69, 9.17) is 4.74 Å². The monoisotopic (exact) mass is 398 g/mol. The molecule has 146 valence electrons.